The number of hydrogen-bond donors (Lipinski definition) is 2. The molecule has 1 saturated heterocycles. The summed E-state index contributed by atoms with van der Waals surface area (Å²) in [5.74, 6) is 0.215. The Hall–Kier alpha value is -3.66. The van der Waals surface area contributed by atoms with Crippen LogP contribution >= 0.6 is 0 Å². The Kier molecular flexibility index (Phi) is 30.4. The van der Waals surface area contributed by atoms with Crippen molar-refractivity contribution in [2.75, 3.05) is 184 Å². The second-order valence-corrected chi connectivity index (χ2v) is 13.2. The van der Waals surface area contributed by atoms with Crippen LogP contribution in [0.1, 0.15) is 33.6 Å². The van der Waals surface area contributed by atoms with Gasteiger partial charge >= 0.3 is 0 Å². The van der Waals surface area contributed by atoms with Gasteiger partial charge in [-0.3, -0.25) is 29.4 Å². The smallest absolute Gasteiger partial charge is 0.264 e. The molecule has 0 aliphatic carbocycles. The molecule has 3 rings (SSSR count). The predicted octanol–water partition coefficient (Wildman–Crippen LogP) is 0.349. The lowest BCUT2D eigenvalue weighted by Crippen LogP contribution is -2.54. The summed E-state index contributed by atoms with van der Waals surface area (Å²) >= 11 is 0. The third-order valence-corrected chi connectivity index (χ3v) is 8.68. The van der Waals surface area contributed by atoms with Gasteiger partial charge in [0.05, 0.1) is 176 Å². The monoisotopic (exact) mass is 883 g/mol. The molecular formula is C42H65N3O17. The molecule has 2 aliphatic heterocycles. The summed E-state index contributed by atoms with van der Waals surface area (Å²) in [7, 11) is 0. The highest BCUT2D eigenvalue weighted by Gasteiger charge is 2.45. The van der Waals surface area contributed by atoms with Crippen molar-refractivity contribution in [1.29, 1.82) is 0 Å². The van der Waals surface area contributed by atoms with Gasteiger partial charge in [-0.25, -0.2) is 0 Å². The molecule has 350 valence electrons. The Morgan fingerprint density at radius 3 is 1.27 bits per heavy atom. The molecule has 2 N–H and O–H groups in total. The molecule has 1 fully saturated rings. The fraction of sp³-hybridized carbons (Fsp3) is 0.714. The van der Waals surface area contributed by atoms with E-state index in [1.807, 2.05) is 0 Å². The summed E-state index contributed by atoms with van der Waals surface area (Å²) in [4.78, 5) is 50.9. The molecule has 1 aromatic carbocycles. The minimum absolute atomic E-state index is 0.0627. The average Bonchev–Trinajstić information content (AvgIpc) is 3.52. The van der Waals surface area contributed by atoms with E-state index in [4.69, 9.17) is 68.0 Å². The minimum Gasteiger partial charge on any atom is -0.382 e. The number of anilines is 1. The first-order valence-corrected chi connectivity index (χ1v) is 21.1. The fourth-order valence-corrected chi connectivity index (χ4v) is 5.69. The number of amides is 4. The van der Waals surface area contributed by atoms with E-state index in [-0.39, 0.29) is 24.0 Å². The average molecular weight is 884 g/mol. The van der Waals surface area contributed by atoms with Gasteiger partial charge < -0.3 is 66.9 Å². The van der Waals surface area contributed by atoms with E-state index in [0.717, 1.165) is 4.90 Å². The summed E-state index contributed by atoms with van der Waals surface area (Å²) in [5.41, 5.74) is 0.898. The predicted molar refractivity (Wildman–Crippen MR) is 221 cm³/mol. The van der Waals surface area contributed by atoms with E-state index in [2.05, 4.69) is 16.6 Å². The standard InChI is InChI=1S/C42H65N3O17/c1-2-9-50-11-13-52-15-17-54-19-21-56-23-25-58-27-29-60-31-33-62-34-32-61-30-28-59-26-24-57-22-20-55-18-16-53-14-12-51-10-8-43-36-5-3-4-35-39(36)42(49)45(41(35)48)37-6-7-38(46)44-40(37)47/h1,3-5,37,43H,6-34H2,(H,44,46,47). The maximum Gasteiger partial charge on any atom is 0.264 e. The molecule has 1 atom stereocenters. The number of imide groups is 2. The van der Waals surface area contributed by atoms with Gasteiger partial charge in [0.2, 0.25) is 11.8 Å². The van der Waals surface area contributed by atoms with Crippen LogP contribution in [0.3, 0.4) is 0 Å². The first kappa shape index (κ1) is 52.7. The largest absolute Gasteiger partial charge is 0.382 e. The minimum atomic E-state index is -1.01. The van der Waals surface area contributed by atoms with E-state index in [1.54, 1.807) is 18.2 Å². The number of benzene rings is 1. The molecule has 20 heteroatoms. The Morgan fingerprint density at radius 1 is 0.532 bits per heavy atom. The summed E-state index contributed by atoms with van der Waals surface area (Å²) in [6, 6.07) is 3.89. The molecule has 0 bridgehead atoms. The summed E-state index contributed by atoms with van der Waals surface area (Å²) < 4.78 is 70.9. The van der Waals surface area contributed by atoms with E-state index >= 15 is 0 Å². The molecule has 0 radical (unpaired) electrons. The van der Waals surface area contributed by atoms with Crippen LogP contribution in [0.25, 0.3) is 0 Å². The normalized spacial score (nSPS) is 15.0. The molecule has 0 spiro atoms. The second-order valence-electron chi connectivity index (χ2n) is 13.2. The lowest BCUT2D eigenvalue weighted by molar-refractivity contribution is -0.136. The third-order valence-electron chi connectivity index (χ3n) is 8.68. The van der Waals surface area contributed by atoms with Crippen molar-refractivity contribution < 1.29 is 80.8 Å². The molecule has 20 nitrogen and oxygen atoms in total. The highest BCUT2D eigenvalue weighted by Crippen LogP contribution is 2.32. The van der Waals surface area contributed by atoms with Crippen LogP contribution in [-0.2, 0) is 71.2 Å². The van der Waals surface area contributed by atoms with Gasteiger partial charge in [-0.2, -0.15) is 0 Å². The number of nitrogens with one attached hydrogen (secondary N) is 2. The zero-order valence-electron chi connectivity index (χ0n) is 35.8. The number of nitrogens with zero attached hydrogens (tertiary/aromatic N) is 1. The van der Waals surface area contributed by atoms with E-state index in [9.17, 15) is 19.2 Å². The number of ether oxygens (including phenoxy) is 13. The Labute approximate surface area is 364 Å². The topological polar surface area (TPSA) is 216 Å². The quantitative estimate of drug-likeness (QED) is 0.0515. The first-order chi connectivity index (χ1) is 30.5. The fourth-order valence-electron chi connectivity index (χ4n) is 5.69. The number of carbonyl (C=O) groups is 4. The van der Waals surface area contributed by atoms with Crippen LogP contribution < -0.4 is 10.6 Å². The van der Waals surface area contributed by atoms with Gasteiger partial charge in [-0.15, -0.1) is 6.42 Å². The van der Waals surface area contributed by atoms with Crippen molar-refractivity contribution in [3.63, 3.8) is 0 Å². The van der Waals surface area contributed by atoms with Crippen LogP contribution in [0, 0.1) is 12.3 Å². The highest BCUT2D eigenvalue weighted by atomic mass is 16.6. The lowest BCUT2D eigenvalue weighted by atomic mass is 10.0. The second kappa shape index (κ2) is 35.8. The Bertz CT molecular complexity index is 1430. The van der Waals surface area contributed by atoms with Crippen LogP contribution in [0.4, 0.5) is 5.69 Å². The van der Waals surface area contributed by atoms with Gasteiger partial charge in [0.1, 0.15) is 12.6 Å². The number of carbonyl (C=O) groups excluding carboxylic acids is 4. The van der Waals surface area contributed by atoms with Crippen LogP contribution in [-0.4, -0.2) is 213 Å². The van der Waals surface area contributed by atoms with Crippen molar-refractivity contribution in [3.8, 4) is 12.3 Å². The van der Waals surface area contributed by atoms with Crippen molar-refractivity contribution in [1.82, 2.24) is 10.2 Å². The van der Waals surface area contributed by atoms with Crippen LogP contribution in [0.15, 0.2) is 18.2 Å². The molecule has 0 saturated carbocycles. The number of hydrogen-bond acceptors (Lipinski definition) is 18. The highest BCUT2D eigenvalue weighted by molar-refractivity contribution is 6.25. The maximum atomic E-state index is 13.2. The maximum absolute atomic E-state index is 13.2. The summed E-state index contributed by atoms with van der Waals surface area (Å²) in [6.07, 6.45) is 5.25. The number of fused-ring (bicyclic) bond motifs is 1. The molecule has 0 aromatic heterocycles. The molecule has 1 unspecified atom stereocenters. The van der Waals surface area contributed by atoms with Gasteiger partial charge in [0.15, 0.2) is 0 Å². The Morgan fingerprint density at radius 2 is 0.903 bits per heavy atom. The number of piperidine rings is 1. The molecule has 62 heavy (non-hydrogen) atoms. The molecule has 4 amide bonds. The third kappa shape index (κ3) is 23.1. The van der Waals surface area contributed by atoms with E-state index < -0.39 is 29.7 Å². The SMILES string of the molecule is C#CCOCCOCCOCCOCCOCCOCCOCCOCCOCCOCCOCCOCCOCCNc1cccc2c1C(=O)N(C1CCC(=O)NC1=O)C2=O. The summed E-state index contributed by atoms with van der Waals surface area (Å²) in [5, 5.41) is 5.33. The Balaban J connectivity index is 0.964. The first-order valence-electron chi connectivity index (χ1n) is 21.1. The zero-order chi connectivity index (χ0) is 44.1. The number of rotatable bonds is 42. The van der Waals surface area contributed by atoms with Crippen LogP contribution in [0.2, 0.25) is 0 Å². The van der Waals surface area contributed by atoms with Gasteiger partial charge in [0, 0.05) is 18.7 Å². The van der Waals surface area contributed by atoms with Crippen LogP contribution in [0.5, 0.6) is 0 Å². The lowest BCUT2D eigenvalue weighted by Gasteiger charge is -2.27. The van der Waals surface area contributed by atoms with Gasteiger partial charge in [-0.1, -0.05) is 12.0 Å². The molecular weight excluding hydrogens is 818 g/mol. The van der Waals surface area contributed by atoms with Crippen molar-refractivity contribution >= 4 is 29.3 Å². The van der Waals surface area contributed by atoms with Crippen molar-refractivity contribution in [2.45, 2.75) is 18.9 Å². The molecule has 2 aliphatic rings. The zero-order valence-corrected chi connectivity index (χ0v) is 35.8. The van der Waals surface area contributed by atoms with Gasteiger partial charge in [0.25, 0.3) is 11.8 Å². The molecule has 2 heterocycles. The van der Waals surface area contributed by atoms with Crippen molar-refractivity contribution in [3.05, 3.63) is 29.3 Å². The van der Waals surface area contributed by atoms with E-state index in [1.165, 1.54) is 0 Å². The van der Waals surface area contributed by atoms with Crippen molar-refractivity contribution in [2.24, 2.45) is 0 Å². The van der Waals surface area contributed by atoms with Gasteiger partial charge in [-0.05, 0) is 18.6 Å². The number of terminal acetylenes is 1. The summed E-state index contributed by atoms with van der Waals surface area (Å²) in [6.45, 7) is 12.1. The molecule has 1 aromatic rings. The van der Waals surface area contributed by atoms with E-state index in [0.29, 0.717) is 184 Å².